The third-order valence-corrected chi connectivity index (χ3v) is 1.42. The Balaban J connectivity index is 3.72. The molecule has 0 amide bonds. The topological polar surface area (TPSA) is 26.3 Å². The molecule has 12 heavy (non-hydrogen) atoms. The Morgan fingerprint density at radius 2 is 2.25 bits per heavy atom. The molecular formula is C10H16O2. The summed E-state index contributed by atoms with van der Waals surface area (Å²) in [5.74, 6) is -0.247. The molecule has 0 aromatic carbocycles. The van der Waals surface area contributed by atoms with Gasteiger partial charge in [0.05, 0.1) is 6.61 Å². The Bertz CT molecular complexity index is 180. The Morgan fingerprint density at radius 1 is 1.58 bits per heavy atom. The van der Waals surface area contributed by atoms with E-state index in [0.29, 0.717) is 12.2 Å². The fourth-order valence-corrected chi connectivity index (χ4v) is 0.668. The zero-order chi connectivity index (χ0) is 9.40. The third-order valence-electron chi connectivity index (χ3n) is 1.42. The summed E-state index contributed by atoms with van der Waals surface area (Å²) in [5.41, 5.74) is 0.598. The van der Waals surface area contributed by atoms with Crippen molar-refractivity contribution in [2.24, 2.45) is 0 Å². The normalized spacial score (nSPS) is 11.0. The molecule has 0 aliphatic rings. The number of carbonyl (C=O) groups excluding carboxylic acids is 1. The average Bonchev–Trinajstić information content (AvgIpc) is 2.05. The number of rotatable bonds is 5. The van der Waals surface area contributed by atoms with E-state index in [-0.39, 0.29) is 5.97 Å². The Morgan fingerprint density at radius 3 is 2.75 bits per heavy atom. The molecule has 0 aliphatic heterocycles. The van der Waals surface area contributed by atoms with E-state index in [0.717, 1.165) is 12.8 Å². The molecule has 0 saturated carbocycles. The molecule has 0 aliphatic carbocycles. The lowest BCUT2D eigenvalue weighted by Gasteiger charge is -2.02. The van der Waals surface area contributed by atoms with Crippen LogP contribution in [0, 0.1) is 0 Å². The van der Waals surface area contributed by atoms with Crippen LogP contribution in [0.2, 0.25) is 0 Å². The molecule has 0 unspecified atom stereocenters. The summed E-state index contributed by atoms with van der Waals surface area (Å²) < 4.78 is 4.94. The lowest BCUT2D eigenvalue weighted by atomic mass is 10.3. The minimum atomic E-state index is -0.247. The van der Waals surface area contributed by atoms with Gasteiger partial charge in [0.25, 0.3) is 0 Å². The van der Waals surface area contributed by atoms with Crippen molar-refractivity contribution in [1.29, 1.82) is 0 Å². The van der Waals surface area contributed by atoms with Crippen LogP contribution in [0.4, 0.5) is 0 Å². The summed E-state index contributed by atoms with van der Waals surface area (Å²) >= 11 is 0. The lowest BCUT2D eigenvalue weighted by Crippen LogP contribution is -2.06. The van der Waals surface area contributed by atoms with Crippen LogP contribution in [0.5, 0.6) is 0 Å². The van der Waals surface area contributed by atoms with E-state index < -0.39 is 0 Å². The highest BCUT2D eigenvalue weighted by atomic mass is 16.5. The summed E-state index contributed by atoms with van der Waals surface area (Å²) in [6.45, 7) is 7.78. The molecular weight excluding hydrogens is 152 g/mol. The number of hydrogen-bond donors (Lipinski definition) is 0. The number of carbonyl (C=O) groups is 1. The molecule has 0 atom stereocenters. The highest BCUT2D eigenvalue weighted by molar-refractivity contribution is 5.88. The average molecular weight is 168 g/mol. The Labute approximate surface area is 73.9 Å². The van der Waals surface area contributed by atoms with Crippen LogP contribution in [0.1, 0.15) is 26.7 Å². The van der Waals surface area contributed by atoms with Crippen LogP contribution >= 0.6 is 0 Å². The van der Waals surface area contributed by atoms with Gasteiger partial charge >= 0.3 is 5.97 Å². The molecule has 2 nitrogen and oxygen atoms in total. The van der Waals surface area contributed by atoms with Crippen molar-refractivity contribution in [2.45, 2.75) is 26.7 Å². The zero-order valence-corrected chi connectivity index (χ0v) is 7.80. The lowest BCUT2D eigenvalue weighted by molar-refractivity contribution is -0.139. The standard InChI is InChI=1S/C10H16O2/c1-4-6-8-12-10(11)9(3)7-5-2/h5,7H,2,4,6,8H2,1,3H3/b9-7+. The first-order chi connectivity index (χ1) is 5.72. The van der Waals surface area contributed by atoms with Crippen molar-refractivity contribution < 1.29 is 9.53 Å². The highest BCUT2D eigenvalue weighted by Crippen LogP contribution is 1.98. The molecule has 2 heteroatoms. The minimum Gasteiger partial charge on any atom is -0.462 e. The van der Waals surface area contributed by atoms with Gasteiger partial charge in [0, 0.05) is 5.57 Å². The molecule has 0 rings (SSSR count). The molecule has 0 aromatic rings. The summed E-state index contributed by atoms with van der Waals surface area (Å²) in [6.07, 6.45) is 5.19. The van der Waals surface area contributed by atoms with Gasteiger partial charge in [-0.05, 0) is 13.3 Å². The van der Waals surface area contributed by atoms with Crippen molar-refractivity contribution in [3.05, 3.63) is 24.3 Å². The summed E-state index contributed by atoms with van der Waals surface area (Å²) in [6, 6.07) is 0. The van der Waals surface area contributed by atoms with E-state index in [1.807, 2.05) is 0 Å². The Kier molecular flexibility index (Phi) is 6.07. The van der Waals surface area contributed by atoms with Gasteiger partial charge in [0.15, 0.2) is 0 Å². The zero-order valence-electron chi connectivity index (χ0n) is 7.80. The highest BCUT2D eigenvalue weighted by Gasteiger charge is 2.02. The van der Waals surface area contributed by atoms with Gasteiger partial charge in [-0.25, -0.2) is 4.79 Å². The molecule has 68 valence electrons. The maximum Gasteiger partial charge on any atom is 0.333 e. The van der Waals surface area contributed by atoms with Gasteiger partial charge in [0.1, 0.15) is 0 Å². The minimum absolute atomic E-state index is 0.247. The summed E-state index contributed by atoms with van der Waals surface area (Å²) in [7, 11) is 0. The molecule has 0 saturated heterocycles. The monoisotopic (exact) mass is 168 g/mol. The summed E-state index contributed by atoms with van der Waals surface area (Å²) in [4.78, 5) is 11.1. The van der Waals surface area contributed by atoms with Gasteiger partial charge in [-0.3, -0.25) is 0 Å². The fraction of sp³-hybridized carbons (Fsp3) is 0.500. The van der Waals surface area contributed by atoms with Crippen LogP contribution in [-0.4, -0.2) is 12.6 Å². The first kappa shape index (κ1) is 11.0. The molecule has 0 bridgehead atoms. The first-order valence-electron chi connectivity index (χ1n) is 4.18. The van der Waals surface area contributed by atoms with E-state index in [2.05, 4.69) is 13.5 Å². The molecule has 0 N–H and O–H groups in total. The molecule has 0 heterocycles. The van der Waals surface area contributed by atoms with Gasteiger partial charge in [-0.2, -0.15) is 0 Å². The largest absolute Gasteiger partial charge is 0.462 e. The number of hydrogen-bond acceptors (Lipinski definition) is 2. The van der Waals surface area contributed by atoms with Crippen LogP contribution in [0.15, 0.2) is 24.3 Å². The molecule has 0 aromatic heterocycles. The quantitative estimate of drug-likeness (QED) is 0.273. The number of ether oxygens (including phenoxy) is 1. The Hall–Kier alpha value is -1.05. The second kappa shape index (κ2) is 6.65. The van der Waals surface area contributed by atoms with Crippen LogP contribution in [-0.2, 0) is 9.53 Å². The van der Waals surface area contributed by atoms with E-state index >= 15 is 0 Å². The van der Waals surface area contributed by atoms with Gasteiger partial charge in [-0.15, -0.1) is 0 Å². The van der Waals surface area contributed by atoms with Crippen molar-refractivity contribution in [3.63, 3.8) is 0 Å². The number of esters is 1. The van der Waals surface area contributed by atoms with Crippen molar-refractivity contribution in [3.8, 4) is 0 Å². The van der Waals surface area contributed by atoms with Crippen molar-refractivity contribution >= 4 is 5.97 Å². The van der Waals surface area contributed by atoms with Crippen LogP contribution in [0.3, 0.4) is 0 Å². The predicted molar refractivity (Wildman–Crippen MR) is 49.8 cm³/mol. The van der Waals surface area contributed by atoms with E-state index in [1.165, 1.54) is 0 Å². The predicted octanol–water partition coefficient (Wildman–Crippen LogP) is 2.46. The number of allylic oxidation sites excluding steroid dienone is 2. The van der Waals surface area contributed by atoms with Crippen molar-refractivity contribution in [2.75, 3.05) is 6.61 Å². The van der Waals surface area contributed by atoms with Crippen LogP contribution in [0.25, 0.3) is 0 Å². The van der Waals surface area contributed by atoms with E-state index in [9.17, 15) is 4.79 Å². The van der Waals surface area contributed by atoms with Gasteiger partial charge < -0.3 is 4.74 Å². The fourth-order valence-electron chi connectivity index (χ4n) is 0.668. The van der Waals surface area contributed by atoms with Gasteiger partial charge in [0.2, 0.25) is 0 Å². The molecule has 0 spiro atoms. The third kappa shape index (κ3) is 4.72. The number of unbranched alkanes of at least 4 members (excludes halogenated alkanes) is 1. The maximum absolute atomic E-state index is 11.1. The second-order valence-corrected chi connectivity index (χ2v) is 2.57. The second-order valence-electron chi connectivity index (χ2n) is 2.57. The summed E-state index contributed by atoms with van der Waals surface area (Å²) in [5, 5.41) is 0. The SMILES string of the molecule is C=C/C=C(\C)C(=O)OCCCC. The van der Waals surface area contributed by atoms with Crippen LogP contribution < -0.4 is 0 Å². The maximum atomic E-state index is 11.1. The van der Waals surface area contributed by atoms with Gasteiger partial charge in [-0.1, -0.05) is 32.1 Å². The van der Waals surface area contributed by atoms with E-state index in [1.54, 1.807) is 19.1 Å². The van der Waals surface area contributed by atoms with Crippen molar-refractivity contribution in [1.82, 2.24) is 0 Å². The smallest absolute Gasteiger partial charge is 0.333 e. The first-order valence-corrected chi connectivity index (χ1v) is 4.18. The molecule has 0 radical (unpaired) electrons. The van der Waals surface area contributed by atoms with E-state index in [4.69, 9.17) is 4.74 Å². The molecule has 0 fully saturated rings.